The van der Waals surface area contributed by atoms with Gasteiger partial charge in [-0.3, -0.25) is 4.79 Å². The SMILES string of the molecule is Cc1ccc2c(c1)CCCN2C(=O)C(=O)O. The van der Waals surface area contributed by atoms with Crippen LogP contribution in [0.1, 0.15) is 17.5 Å². The summed E-state index contributed by atoms with van der Waals surface area (Å²) < 4.78 is 0. The van der Waals surface area contributed by atoms with Crippen molar-refractivity contribution >= 4 is 17.6 Å². The van der Waals surface area contributed by atoms with Crippen LogP contribution in [-0.4, -0.2) is 23.5 Å². The Bertz CT molecular complexity index is 454. The average molecular weight is 219 g/mol. The topological polar surface area (TPSA) is 57.6 Å². The Morgan fingerprint density at radius 2 is 2.12 bits per heavy atom. The zero-order valence-electron chi connectivity index (χ0n) is 9.06. The maximum Gasteiger partial charge on any atom is 0.394 e. The first-order valence-corrected chi connectivity index (χ1v) is 5.24. The lowest BCUT2D eigenvalue weighted by Gasteiger charge is -2.28. The fourth-order valence-electron chi connectivity index (χ4n) is 2.05. The number of anilines is 1. The molecule has 0 saturated heterocycles. The van der Waals surface area contributed by atoms with Gasteiger partial charge in [-0.2, -0.15) is 0 Å². The molecule has 1 heterocycles. The van der Waals surface area contributed by atoms with Gasteiger partial charge in [0.2, 0.25) is 0 Å². The number of aryl methyl sites for hydroxylation is 2. The van der Waals surface area contributed by atoms with E-state index in [0.717, 1.165) is 29.7 Å². The second kappa shape index (κ2) is 3.96. The molecule has 0 fully saturated rings. The highest BCUT2D eigenvalue weighted by atomic mass is 16.4. The molecule has 4 nitrogen and oxygen atoms in total. The number of fused-ring (bicyclic) bond motifs is 1. The number of carbonyl (C=O) groups excluding carboxylic acids is 1. The molecule has 1 aromatic carbocycles. The summed E-state index contributed by atoms with van der Waals surface area (Å²) in [6.45, 7) is 2.47. The van der Waals surface area contributed by atoms with Crippen molar-refractivity contribution in [2.75, 3.05) is 11.4 Å². The number of carbonyl (C=O) groups is 2. The maximum atomic E-state index is 11.5. The summed E-state index contributed by atoms with van der Waals surface area (Å²) in [4.78, 5) is 23.5. The van der Waals surface area contributed by atoms with E-state index in [9.17, 15) is 9.59 Å². The molecule has 0 radical (unpaired) electrons. The molecular weight excluding hydrogens is 206 g/mol. The van der Waals surface area contributed by atoms with E-state index in [1.54, 1.807) is 0 Å². The Morgan fingerprint density at radius 3 is 2.81 bits per heavy atom. The second-order valence-corrected chi connectivity index (χ2v) is 4.00. The van der Waals surface area contributed by atoms with Gasteiger partial charge in [0.1, 0.15) is 0 Å². The van der Waals surface area contributed by atoms with Crippen molar-refractivity contribution in [3.63, 3.8) is 0 Å². The maximum absolute atomic E-state index is 11.5. The average Bonchev–Trinajstić information content (AvgIpc) is 2.26. The van der Waals surface area contributed by atoms with Crippen LogP contribution in [0.4, 0.5) is 5.69 Å². The summed E-state index contributed by atoms with van der Waals surface area (Å²) >= 11 is 0. The number of rotatable bonds is 0. The molecule has 1 aliphatic heterocycles. The monoisotopic (exact) mass is 219 g/mol. The van der Waals surface area contributed by atoms with Crippen LogP contribution in [0.2, 0.25) is 0 Å². The highest BCUT2D eigenvalue weighted by Crippen LogP contribution is 2.27. The van der Waals surface area contributed by atoms with E-state index in [1.807, 2.05) is 25.1 Å². The Labute approximate surface area is 93.5 Å². The van der Waals surface area contributed by atoms with Crippen molar-refractivity contribution in [2.24, 2.45) is 0 Å². The summed E-state index contributed by atoms with van der Waals surface area (Å²) in [6, 6.07) is 5.73. The van der Waals surface area contributed by atoms with E-state index < -0.39 is 11.9 Å². The normalized spacial score (nSPS) is 14.4. The molecule has 0 saturated carbocycles. The molecule has 16 heavy (non-hydrogen) atoms. The molecule has 1 aromatic rings. The first kappa shape index (κ1) is 10.7. The second-order valence-electron chi connectivity index (χ2n) is 4.00. The lowest BCUT2D eigenvalue weighted by atomic mass is 9.99. The molecule has 0 atom stereocenters. The molecule has 1 N–H and O–H groups in total. The molecule has 1 aliphatic rings. The highest BCUT2D eigenvalue weighted by molar-refractivity contribution is 6.37. The van der Waals surface area contributed by atoms with E-state index in [1.165, 1.54) is 4.90 Å². The van der Waals surface area contributed by atoms with Crippen molar-refractivity contribution in [1.82, 2.24) is 0 Å². The van der Waals surface area contributed by atoms with Gasteiger partial charge in [-0.1, -0.05) is 17.7 Å². The number of aliphatic carboxylic acids is 1. The van der Waals surface area contributed by atoms with Gasteiger partial charge in [0.15, 0.2) is 0 Å². The minimum absolute atomic E-state index is 0.487. The number of benzene rings is 1. The molecule has 2 rings (SSSR count). The predicted molar refractivity (Wildman–Crippen MR) is 59.5 cm³/mol. The summed E-state index contributed by atoms with van der Waals surface area (Å²) in [5.41, 5.74) is 2.92. The predicted octanol–water partition coefficient (Wildman–Crippen LogP) is 1.36. The van der Waals surface area contributed by atoms with E-state index >= 15 is 0 Å². The van der Waals surface area contributed by atoms with E-state index in [4.69, 9.17) is 5.11 Å². The molecule has 0 unspecified atom stereocenters. The van der Waals surface area contributed by atoms with Gasteiger partial charge in [-0.05, 0) is 31.4 Å². The molecular formula is C12H13NO3. The standard InChI is InChI=1S/C12H13NO3/c1-8-4-5-10-9(7-8)3-2-6-13(10)11(14)12(15)16/h4-5,7H,2-3,6H2,1H3,(H,15,16). The number of nitrogens with zero attached hydrogens (tertiary/aromatic N) is 1. The number of hydrogen-bond donors (Lipinski definition) is 1. The third-order valence-electron chi connectivity index (χ3n) is 2.78. The van der Waals surface area contributed by atoms with E-state index in [-0.39, 0.29) is 0 Å². The van der Waals surface area contributed by atoms with Crippen LogP contribution in [0.25, 0.3) is 0 Å². The Hall–Kier alpha value is -1.84. The molecule has 0 bridgehead atoms. The van der Waals surface area contributed by atoms with Gasteiger partial charge >= 0.3 is 11.9 Å². The smallest absolute Gasteiger partial charge is 0.394 e. The van der Waals surface area contributed by atoms with Crippen LogP contribution in [0.3, 0.4) is 0 Å². The van der Waals surface area contributed by atoms with Crippen molar-refractivity contribution in [3.05, 3.63) is 29.3 Å². The van der Waals surface area contributed by atoms with Gasteiger partial charge in [-0.15, -0.1) is 0 Å². The minimum atomic E-state index is -1.39. The molecule has 0 aromatic heterocycles. The largest absolute Gasteiger partial charge is 0.474 e. The fraction of sp³-hybridized carbons (Fsp3) is 0.333. The van der Waals surface area contributed by atoms with E-state index in [2.05, 4.69) is 0 Å². The van der Waals surface area contributed by atoms with Crippen molar-refractivity contribution in [2.45, 2.75) is 19.8 Å². The van der Waals surface area contributed by atoms with Crippen molar-refractivity contribution in [3.8, 4) is 0 Å². The van der Waals surface area contributed by atoms with Crippen molar-refractivity contribution < 1.29 is 14.7 Å². The highest BCUT2D eigenvalue weighted by Gasteiger charge is 2.26. The minimum Gasteiger partial charge on any atom is -0.474 e. The fourth-order valence-corrected chi connectivity index (χ4v) is 2.05. The van der Waals surface area contributed by atoms with Crippen LogP contribution in [0.5, 0.6) is 0 Å². The van der Waals surface area contributed by atoms with Crippen LogP contribution in [0.15, 0.2) is 18.2 Å². The van der Waals surface area contributed by atoms with E-state index in [0.29, 0.717) is 6.54 Å². The first-order chi connectivity index (χ1) is 7.59. The first-order valence-electron chi connectivity index (χ1n) is 5.24. The van der Waals surface area contributed by atoms with Crippen molar-refractivity contribution in [1.29, 1.82) is 0 Å². The Balaban J connectivity index is 2.40. The lowest BCUT2D eigenvalue weighted by molar-refractivity contribution is -0.148. The van der Waals surface area contributed by atoms with Gasteiger partial charge in [0.05, 0.1) is 0 Å². The lowest BCUT2D eigenvalue weighted by Crippen LogP contribution is -2.39. The Morgan fingerprint density at radius 1 is 1.38 bits per heavy atom. The Kier molecular flexibility index (Phi) is 2.64. The van der Waals surface area contributed by atoms with Crippen LogP contribution in [0, 0.1) is 6.92 Å². The molecule has 84 valence electrons. The summed E-state index contributed by atoms with van der Waals surface area (Å²) in [7, 11) is 0. The van der Waals surface area contributed by atoms with Gasteiger partial charge in [-0.25, -0.2) is 4.79 Å². The summed E-state index contributed by atoms with van der Waals surface area (Å²) in [5, 5.41) is 8.72. The zero-order valence-corrected chi connectivity index (χ0v) is 9.06. The molecule has 0 aliphatic carbocycles. The zero-order chi connectivity index (χ0) is 11.7. The van der Waals surface area contributed by atoms with Crippen LogP contribution in [-0.2, 0) is 16.0 Å². The molecule has 1 amide bonds. The van der Waals surface area contributed by atoms with Crippen LogP contribution >= 0.6 is 0 Å². The van der Waals surface area contributed by atoms with Gasteiger partial charge < -0.3 is 10.0 Å². The number of hydrogen-bond acceptors (Lipinski definition) is 2. The summed E-state index contributed by atoms with van der Waals surface area (Å²) in [5.74, 6) is -2.24. The third kappa shape index (κ3) is 1.78. The van der Waals surface area contributed by atoms with Gasteiger partial charge in [0.25, 0.3) is 0 Å². The van der Waals surface area contributed by atoms with Gasteiger partial charge in [0, 0.05) is 12.2 Å². The van der Waals surface area contributed by atoms with Crippen LogP contribution < -0.4 is 4.90 Å². The summed E-state index contributed by atoms with van der Waals surface area (Å²) in [6.07, 6.45) is 1.72. The quantitative estimate of drug-likeness (QED) is 0.670. The number of carboxylic acid groups (broad SMARTS) is 1. The number of carboxylic acids is 1. The number of amides is 1. The molecule has 4 heteroatoms. The molecule has 0 spiro atoms. The third-order valence-corrected chi connectivity index (χ3v) is 2.78.